The normalized spacial score (nSPS) is 11.8. The number of ether oxygens (including phenoxy) is 2. The van der Waals surface area contributed by atoms with Crippen molar-refractivity contribution in [2.75, 3.05) is 31.6 Å². The van der Waals surface area contributed by atoms with E-state index in [4.69, 9.17) is 21.1 Å². The third kappa shape index (κ3) is 9.05. The van der Waals surface area contributed by atoms with Crippen LogP contribution in [0.25, 0.3) is 0 Å². The van der Waals surface area contributed by atoms with Crippen LogP contribution in [-0.2, 0) is 32.6 Å². The number of nitrogens with one attached hydrogen (secondary N) is 1. The van der Waals surface area contributed by atoms with E-state index in [9.17, 15) is 18.0 Å². The minimum absolute atomic E-state index is 0.0857. The molecule has 4 rings (SSSR count). The van der Waals surface area contributed by atoms with Crippen LogP contribution in [0.5, 0.6) is 11.5 Å². The Morgan fingerprint density at radius 3 is 2.17 bits per heavy atom. The van der Waals surface area contributed by atoms with Crippen molar-refractivity contribution in [2.45, 2.75) is 44.2 Å². The Morgan fingerprint density at radius 2 is 1.53 bits per heavy atom. The van der Waals surface area contributed by atoms with Gasteiger partial charge in [0, 0.05) is 30.6 Å². The van der Waals surface area contributed by atoms with Gasteiger partial charge in [0.15, 0.2) is 11.5 Å². The quantitative estimate of drug-likeness (QED) is 0.165. The predicted octanol–water partition coefficient (Wildman–Crippen LogP) is 6.03. The summed E-state index contributed by atoms with van der Waals surface area (Å²) >= 11 is 6.16. The van der Waals surface area contributed by atoms with Crippen molar-refractivity contribution in [1.29, 1.82) is 0 Å². The lowest BCUT2D eigenvalue weighted by Gasteiger charge is -2.34. The molecule has 0 spiro atoms. The highest BCUT2D eigenvalue weighted by Gasteiger charge is 2.35. The number of methoxy groups -OCH3 is 2. The second-order valence-electron chi connectivity index (χ2n) is 11.0. The van der Waals surface area contributed by atoms with Crippen molar-refractivity contribution in [2.24, 2.45) is 0 Å². The largest absolute Gasteiger partial charge is 0.493 e. The van der Waals surface area contributed by atoms with E-state index in [1.165, 1.54) is 49.5 Å². The van der Waals surface area contributed by atoms with Crippen molar-refractivity contribution < 1.29 is 27.5 Å². The molecule has 11 heteroatoms. The van der Waals surface area contributed by atoms with Gasteiger partial charge < -0.3 is 19.7 Å². The zero-order valence-electron chi connectivity index (χ0n) is 27.0. The Bertz CT molecular complexity index is 1770. The van der Waals surface area contributed by atoms with Gasteiger partial charge in [0.2, 0.25) is 11.8 Å². The van der Waals surface area contributed by atoms with Gasteiger partial charge in [0.1, 0.15) is 12.6 Å². The number of hydrogen-bond donors (Lipinski definition) is 1. The summed E-state index contributed by atoms with van der Waals surface area (Å²) in [6, 6.07) is 26.6. The van der Waals surface area contributed by atoms with Crippen molar-refractivity contribution in [1.82, 2.24) is 10.2 Å². The van der Waals surface area contributed by atoms with Gasteiger partial charge in [-0.15, -0.1) is 0 Å². The van der Waals surface area contributed by atoms with Gasteiger partial charge in [-0.2, -0.15) is 0 Å². The third-order valence-electron chi connectivity index (χ3n) is 7.59. The fourth-order valence-corrected chi connectivity index (χ4v) is 6.72. The Balaban J connectivity index is 1.82. The fourth-order valence-electron chi connectivity index (χ4n) is 5.17. The molecule has 0 radical (unpaired) electrons. The molecule has 9 nitrogen and oxygen atoms in total. The van der Waals surface area contributed by atoms with Crippen LogP contribution >= 0.6 is 11.6 Å². The molecule has 0 aromatic heterocycles. The van der Waals surface area contributed by atoms with Gasteiger partial charge in [0.05, 0.1) is 24.8 Å². The topological polar surface area (TPSA) is 105 Å². The molecule has 0 saturated heterocycles. The smallest absolute Gasteiger partial charge is 0.264 e. The van der Waals surface area contributed by atoms with Crippen LogP contribution in [0.15, 0.2) is 102 Å². The molecule has 0 aliphatic carbocycles. The number of amides is 2. The number of anilines is 1. The van der Waals surface area contributed by atoms with Crippen molar-refractivity contribution >= 4 is 39.1 Å². The summed E-state index contributed by atoms with van der Waals surface area (Å²) in [7, 11) is -1.48. The zero-order valence-corrected chi connectivity index (χ0v) is 28.6. The number of nitrogens with zero attached hydrogens (tertiary/aromatic N) is 2. The van der Waals surface area contributed by atoms with Gasteiger partial charge in [-0.25, -0.2) is 8.42 Å². The Labute approximate surface area is 282 Å². The molecular weight excluding hydrogens is 638 g/mol. The summed E-state index contributed by atoms with van der Waals surface area (Å²) in [6.45, 7) is 3.83. The van der Waals surface area contributed by atoms with E-state index in [1.807, 2.05) is 68.4 Å². The Morgan fingerprint density at radius 1 is 0.851 bits per heavy atom. The summed E-state index contributed by atoms with van der Waals surface area (Å²) in [5.41, 5.74) is 2.88. The molecule has 248 valence electrons. The first kappa shape index (κ1) is 35.3. The number of benzene rings is 4. The maximum absolute atomic E-state index is 14.6. The monoisotopic (exact) mass is 677 g/mol. The third-order valence-corrected chi connectivity index (χ3v) is 9.61. The number of halogens is 1. The molecule has 0 saturated carbocycles. The van der Waals surface area contributed by atoms with E-state index in [-0.39, 0.29) is 35.2 Å². The first-order valence-electron chi connectivity index (χ1n) is 15.2. The molecule has 4 aromatic carbocycles. The van der Waals surface area contributed by atoms with Crippen LogP contribution in [0.3, 0.4) is 0 Å². The second-order valence-corrected chi connectivity index (χ2v) is 13.3. The standard InChI is InChI=1S/C36H40ClN3O6S/c1-5-20-38-36(42)32(22-27-11-7-6-8-12-27)39(24-28-13-9-10-26(2)21-28)35(41)25-40(30-16-14-29(37)15-17-30)47(43,44)31-18-19-33(45-3)34(23-31)46-4/h6-19,21,23,32H,5,20,22,24-25H2,1-4H3,(H,38,42). The second kappa shape index (κ2) is 16.3. The van der Waals surface area contributed by atoms with E-state index in [0.29, 0.717) is 23.7 Å². The maximum Gasteiger partial charge on any atom is 0.264 e. The molecule has 1 N–H and O–H groups in total. The van der Waals surface area contributed by atoms with Crippen LogP contribution in [0.2, 0.25) is 5.02 Å². The van der Waals surface area contributed by atoms with E-state index >= 15 is 0 Å². The predicted molar refractivity (Wildman–Crippen MR) is 184 cm³/mol. The highest BCUT2D eigenvalue weighted by atomic mass is 35.5. The summed E-state index contributed by atoms with van der Waals surface area (Å²) < 4.78 is 40.4. The summed E-state index contributed by atoms with van der Waals surface area (Å²) in [5.74, 6) is -0.310. The molecule has 4 aromatic rings. The van der Waals surface area contributed by atoms with Crippen molar-refractivity contribution in [3.05, 3.63) is 119 Å². The lowest BCUT2D eigenvalue weighted by atomic mass is 10.0. The molecule has 2 amide bonds. The highest BCUT2D eigenvalue weighted by molar-refractivity contribution is 7.92. The van der Waals surface area contributed by atoms with E-state index in [1.54, 1.807) is 12.1 Å². The Kier molecular flexibility index (Phi) is 12.3. The van der Waals surface area contributed by atoms with Crippen LogP contribution in [0.1, 0.15) is 30.0 Å². The van der Waals surface area contributed by atoms with Gasteiger partial charge in [0.25, 0.3) is 10.0 Å². The average Bonchev–Trinajstić information content (AvgIpc) is 3.08. The number of hydrogen-bond acceptors (Lipinski definition) is 6. The molecular formula is C36H40ClN3O6S. The molecule has 1 atom stereocenters. The van der Waals surface area contributed by atoms with Crippen LogP contribution in [-0.4, -0.2) is 58.5 Å². The van der Waals surface area contributed by atoms with Gasteiger partial charge in [-0.3, -0.25) is 13.9 Å². The molecule has 0 bridgehead atoms. The van der Waals surface area contributed by atoms with Gasteiger partial charge in [-0.1, -0.05) is 78.7 Å². The van der Waals surface area contributed by atoms with Crippen molar-refractivity contribution in [3.63, 3.8) is 0 Å². The fraction of sp³-hybridized carbons (Fsp3) is 0.278. The highest BCUT2D eigenvalue weighted by Crippen LogP contribution is 2.33. The van der Waals surface area contributed by atoms with Crippen LogP contribution in [0, 0.1) is 6.92 Å². The summed E-state index contributed by atoms with van der Waals surface area (Å²) in [4.78, 5) is 29.7. The summed E-state index contributed by atoms with van der Waals surface area (Å²) in [6.07, 6.45) is 0.945. The molecule has 1 unspecified atom stereocenters. The zero-order chi connectivity index (χ0) is 34.0. The van der Waals surface area contributed by atoms with E-state index in [2.05, 4.69) is 5.32 Å². The SMILES string of the molecule is CCCNC(=O)C(Cc1ccccc1)N(Cc1cccc(C)c1)C(=O)CN(c1ccc(Cl)cc1)S(=O)(=O)c1ccc(OC)c(OC)c1. The number of carbonyl (C=O) groups excluding carboxylic acids is 2. The van der Waals surface area contributed by atoms with Crippen molar-refractivity contribution in [3.8, 4) is 11.5 Å². The minimum atomic E-state index is -4.35. The Hall–Kier alpha value is -4.54. The molecule has 47 heavy (non-hydrogen) atoms. The maximum atomic E-state index is 14.6. The number of carbonyl (C=O) groups is 2. The average molecular weight is 678 g/mol. The van der Waals surface area contributed by atoms with E-state index < -0.39 is 28.5 Å². The number of sulfonamides is 1. The first-order valence-corrected chi connectivity index (χ1v) is 17.1. The molecule has 0 aliphatic rings. The molecule has 0 heterocycles. The van der Waals surface area contributed by atoms with E-state index in [0.717, 1.165) is 21.0 Å². The van der Waals surface area contributed by atoms with Gasteiger partial charge in [-0.05, 0) is 60.9 Å². The van der Waals surface area contributed by atoms with Crippen LogP contribution in [0.4, 0.5) is 5.69 Å². The minimum Gasteiger partial charge on any atom is -0.493 e. The lowest BCUT2D eigenvalue weighted by molar-refractivity contribution is -0.140. The van der Waals surface area contributed by atoms with Gasteiger partial charge >= 0.3 is 0 Å². The van der Waals surface area contributed by atoms with Crippen LogP contribution < -0.4 is 19.1 Å². The molecule has 0 aliphatic heterocycles. The molecule has 0 fully saturated rings. The summed E-state index contributed by atoms with van der Waals surface area (Å²) in [5, 5.41) is 3.35. The lowest BCUT2D eigenvalue weighted by Crippen LogP contribution is -2.53. The number of aryl methyl sites for hydroxylation is 1. The first-order chi connectivity index (χ1) is 22.6. The number of rotatable bonds is 15.